The summed E-state index contributed by atoms with van der Waals surface area (Å²) in [6, 6.07) is 9.11. The lowest BCUT2D eigenvalue weighted by atomic mass is 10.0. The third-order valence-corrected chi connectivity index (χ3v) is 4.28. The van der Waals surface area contributed by atoms with Gasteiger partial charge in [-0.05, 0) is 5.56 Å². The number of carbonyl (C=O) groups is 2. The standard InChI is InChI=1S/C17H20N2O6/c1-22-15(20)14-8-12(10-24-14)18-16(21)17(23-2)9-13(19-25-17)11-6-4-3-5-7-11/h3-7,12,14H,8-10H2,1-2H3,(H,18,21)/t12-,14-,17?/m1/s1. The van der Waals surface area contributed by atoms with Crippen LogP contribution in [-0.4, -0.2) is 56.3 Å². The van der Waals surface area contributed by atoms with Crippen molar-refractivity contribution < 1.29 is 28.6 Å². The molecule has 0 spiro atoms. The van der Waals surface area contributed by atoms with E-state index < -0.39 is 23.8 Å². The van der Waals surface area contributed by atoms with Crippen molar-refractivity contribution in [2.75, 3.05) is 20.8 Å². The van der Waals surface area contributed by atoms with Gasteiger partial charge < -0.3 is 24.4 Å². The predicted molar refractivity (Wildman–Crippen MR) is 86.7 cm³/mol. The molecule has 1 aromatic carbocycles. The first-order chi connectivity index (χ1) is 12.1. The minimum Gasteiger partial charge on any atom is -0.467 e. The van der Waals surface area contributed by atoms with Gasteiger partial charge in [-0.1, -0.05) is 35.5 Å². The summed E-state index contributed by atoms with van der Waals surface area (Å²) in [4.78, 5) is 29.5. The molecule has 1 N–H and O–H groups in total. The summed E-state index contributed by atoms with van der Waals surface area (Å²) in [6.07, 6.45) is -0.146. The molecular weight excluding hydrogens is 328 g/mol. The van der Waals surface area contributed by atoms with E-state index in [-0.39, 0.29) is 19.1 Å². The summed E-state index contributed by atoms with van der Waals surface area (Å²) in [6.45, 7) is 0.220. The Balaban J connectivity index is 1.62. The zero-order valence-corrected chi connectivity index (χ0v) is 14.1. The summed E-state index contributed by atoms with van der Waals surface area (Å²) >= 11 is 0. The minimum absolute atomic E-state index is 0.188. The number of nitrogens with zero attached hydrogens (tertiary/aromatic N) is 1. The molecule has 1 unspecified atom stereocenters. The fourth-order valence-electron chi connectivity index (χ4n) is 2.84. The van der Waals surface area contributed by atoms with Gasteiger partial charge >= 0.3 is 11.8 Å². The second-order valence-corrected chi connectivity index (χ2v) is 5.88. The van der Waals surface area contributed by atoms with Gasteiger partial charge in [0.25, 0.3) is 5.91 Å². The molecular formula is C17H20N2O6. The van der Waals surface area contributed by atoms with Crippen LogP contribution in [0.4, 0.5) is 0 Å². The fourth-order valence-corrected chi connectivity index (χ4v) is 2.84. The Morgan fingerprint density at radius 2 is 2.04 bits per heavy atom. The van der Waals surface area contributed by atoms with Gasteiger partial charge in [0, 0.05) is 13.5 Å². The van der Waals surface area contributed by atoms with E-state index in [9.17, 15) is 9.59 Å². The van der Waals surface area contributed by atoms with Crippen molar-refractivity contribution in [2.24, 2.45) is 5.16 Å². The number of hydrogen-bond donors (Lipinski definition) is 1. The smallest absolute Gasteiger partial charge is 0.335 e. The minimum atomic E-state index is -1.52. The van der Waals surface area contributed by atoms with E-state index in [0.717, 1.165) is 5.56 Å². The molecule has 2 aliphatic heterocycles. The van der Waals surface area contributed by atoms with Crippen molar-refractivity contribution in [2.45, 2.75) is 30.8 Å². The Hall–Kier alpha value is -2.45. The molecule has 134 valence electrons. The molecule has 1 amide bonds. The third-order valence-electron chi connectivity index (χ3n) is 4.28. The van der Waals surface area contributed by atoms with E-state index in [1.165, 1.54) is 14.2 Å². The second-order valence-electron chi connectivity index (χ2n) is 5.88. The average Bonchev–Trinajstić information content (AvgIpc) is 3.29. The van der Waals surface area contributed by atoms with Crippen molar-refractivity contribution in [1.29, 1.82) is 0 Å². The van der Waals surface area contributed by atoms with E-state index in [2.05, 4.69) is 15.2 Å². The van der Waals surface area contributed by atoms with E-state index in [4.69, 9.17) is 14.3 Å². The highest BCUT2D eigenvalue weighted by Gasteiger charge is 2.48. The number of hydrogen-bond acceptors (Lipinski definition) is 7. The van der Waals surface area contributed by atoms with Crippen LogP contribution in [-0.2, 0) is 28.6 Å². The van der Waals surface area contributed by atoms with Crippen LogP contribution in [0, 0.1) is 0 Å². The molecule has 1 fully saturated rings. The average molecular weight is 348 g/mol. The maximum absolute atomic E-state index is 12.7. The Morgan fingerprint density at radius 3 is 2.72 bits per heavy atom. The van der Waals surface area contributed by atoms with Gasteiger partial charge in [-0.25, -0.2) is 4.79 Å². The highest BCUT2D eigenvalue weighted by atomic mass is 16.8. The molecule has 3 atom stereocenters. The van der Waals surface area contributed by atoms with Crippen LogP contribution in [0.15, 0.2) is 35.5 Å². The van der Waals surface area contributed by atoms with Crippen molar-refractivity contribution in [3.63, 3.8) is 0 Å². The normalized spacial score (nSPS) is 28.2. The summed E-state index contributed by atoms with van der Waals surface area (Å²) in [5, 5.41) is 6.81. The van der Waals surface area contributed by atoms with Crippen LogP contribution < -0.4 is 5.32 Å². The maximum atomic E-state index is 12.7. The Morgan fingerprint density at radius 1 is 1.28 bits per heavy atom. The van der Waals surface area contributed by atoms with Crippen LogP contribution in [0.25, 0.3) is 0 Å². The van der Waals surface area contributed by atoms with Gasteiger partial charge in [0.15, 0.2) is 6.10 Å². The van der Waals surface area contributed by atoms with E-state index in [1.807, 2.05) is 30.3 Å². The summed E-state index contributed by atoms with van der Waals surface area (Å²) in [5.74, 6) is -2.43. The lowest BCUT2D eigenvalue weighted by Crippen LogP contribution is -2.52. The van der Waals surface area contributed by atoms with Crippen LogP contribution >= 0.6 is 0 Å². The van der Waals surface area contributed by atoms with Crippen molar-refractivity contribution in [3.8, 4) is 0 Å². The van der Waals surface area contributed by atoms with Crippen molar-refractivity contribution in [1.82, 2.24) is 5.32 Å². The number of nitrogens with one attached hydrogen (secondary N) is 1. The Kier molecular flexibility index (Phi) is 5.00. The predicted octanol–water partition coefficient (Wildman–Crippen LogP) is 0.600. The molecule has 0 bridgehead atoms. The number of benzene rings is 1. The van der Waals surface area contributed by atoms with Gasteiger partial charge in [0.05, 0.1) is 31.9 Å². The van der Waals surface area contributed by atoms with Crippen LogP contribution in [0.5, 0.6) is 0 Å². The summed E-state index contributed by atoms with van der Waals surface area (Å²) in [7, 11) is 2.69. The number of esters is 1. The lowest BCUT2D eigenvalue weighted by molar-refractivity contribution is -0.209. The number of methoxy groups -OCH3 is 2. The number of ether oxygens (including phenoxy) is 3. The topological polar surface area (TPSA) is 95.5 Å². The lowest BCUT2D eigenvalue weighted by Gasteiger charge is -2.25. The largest absolute Gasteiger partial charge is 0.467 e. The number of carbonyl (C=O) groups excluding carboxylic acids is 2. The van der Waals surface area contributed by atoms with Crippen molar-refractivity contribution in [3.05, 3.63) is 35.9 Å². The highest BCUT2D eigenvalue weighted by molar-refractivity contribution is 6.05. The van der Waals surface area contributed by atoms with Gasteiger partial charge in [0.1, 0.15) is 0 Å². The zero-order valence-electron chi connectivity index (χ0n) is 14.1. The first-order valence-electron chi connectivity index (χ1n) is 7.94. The van der Waals surface area contributed by atoms with E-state index in [0.29, 0.717) is 12.1 Å². The van der Waals surface area contributed by atoms with Gasteiger partial charge in [0.2, 0.25) is 0 Å². The van der Waals surface area contributed by atoms with Gasteiger partial charge in [-0.3, -0.25) is 4.79 Å². The molecule has 3 rings (SSSR count). The van der Waals surface area contributed by atoms with E-state index in [1.54, 1.807) is 0 Å². The Bertz CT molecular complexity index is 677. The van der Waals surface area contributed by atoms with Crippen LogP contribution in [0.2, 0.25) is 0 Å². The molecule has 0 aliphatic carbocycles. The SMILES string of the molecule is COC(=O)[C@H]1C[C@@H](NC(=O)C2(OC)CC(c3ccccc3)=NO2)CO1. The Labute approximate surface area is 145 Å². The third kappa shape index (κ3) is 3.49. The molecule has 25 heavy (non-hydrogen) atoms. The summed E-state index contributed by atoms with van der Waals surface area (Å²) in [5.41, 5.74) is 1.50. The molecule has 1 aromatic rings. The molecule has 0 aromatic heterocycles. The van der Waals surface area contributed by atoms with Crippen molar-refractivity contribution >= 4 is 17.6 Å². The number of rotatable bonds is 5. The fraction of sp³-hybridized carbons (Fsp3) is 0.471. The highest BCUT2D eigenvalue weighted by Crippen LogP contribution is 2.28. The second kappa shape index (κ2) is 7.20. The van der Waals surface area contributed by atoms with Gasteiger partial charge in [-0.2, -0.15) is 0 Å². The van der Waals surface area contributed by atoms with Crippen LogP contribution in [0.1, 0.15) is 18.4 Å². The molecule has 2 aliphatic rings. The number of oxime groups is 1. The molecule has 8 heteroatoms. The van der Waals surface area contributed by atoms with Crippen LogP contribution in [0.3, 0.4) is 0 Å². The molecule has 0 radical (unpaired) electrons. The quantitative estimate of drug-likeness (QED) is 0.783. The van der Waals surface area contributed by atoms with E-state index >= 15 is 0 Å². The summed E-state index contributed by atoms with van der Waals surface area (Å²) < 4.78 is 15.3. The molecule has 0 saturated carbocycles. The number of amides is 1. The molecule has 8 nitrogen and oxygen atoms in total. The van der Waals surface area contributed by atoms with Gasteiger partial charge in [-0.15, -0.1) is 0 Å². The molecule has 2 heterocycles. The first kappa shape index (κ1) is 17.4. The first-order valence-corrected chi connectivity index (χ1v) is 7.94. The maximum Gasteiger partial charge on any atom is 0.335 e. The zero-order chi connectivity index (χ0) is 17.9. The monoisotopic (exact) mass is 348 g/mol. The molecule has 1 saturated heterocycles.